The van der Waals surface area contributed by atoms with Crippen LogP contribution in [-0.4, -0.2) is 83.7 Å². The summed E-state index contributed by atoms with van der Waals surface area (Å²) in [5.41, 5.74) is 3.01. The molecule has 2 fully saturated rings. The van der Waals surface area contributed by atoms with Gasteiger partial charge in [-0.3, -0.25) is 35.1 Å². The molecule has 3 aliphatic heterocycles. The summed E-state index contributed by atoms with van der Waals surface area (Å²) in [4.78, 5) is 89.8. The first kappa shape index (κ1) is 48.5. The van der Waals surface area contributed by atoms with Gasteiger partial charge in [0.1, 0.15) is 25.5 Å². The highest BCUT2D eigenvalue weighted by Gasteiger charge is 2.60. The van der Waals surface area contributed by atoms with E-state index < -0.39 is 68.9 Å². The number of rotatable bonds is 17. The SMILES string of the molecule is C[C@@H](O)[C@H]1C(=O)N2C(C(=O)OCc3ccc([N+](=O)[O-])cc3)=C(S[C@H]3C[C@@H](Cc4ccc(CNC(=O)OCc5ccc([N+](=O)[O-])cc5)c5ccccc45)N(C(=O)OCc4ccc([N+](=O)[O-])cc4)C3)[C@H](C)[C@H]12. The Balaban J connectivity index is 1.02. The lowest BCUT2D eigenvalue weighted by atomic mass is 9.79. The van der Waals surface area contributed by atoms with Crippen LogP contribution in [0.4, 0.5) is 26.7 Å². The third kappa shape index (κ3) is 10.4. The molecule has 2 saturated heterocycles. The van der Waals surface area contributed by atoms with Crippen molar-refractivity contribution in [3.05, 3.63) is 178 Å². The molecule has 362 valence electrons. The fourth-order valence-corrected chi connectivity index (χ4v) is 10.7. The fourth-order valence-electron chi connectivity index (χ4n) is 9.19. The summed E-state index contributed by atoms with van der Waals surface area (Å²) in [6, 6.07) is 27.3. The Morgan fingerprint density at radius 2 is 1.24 bits per heavy atom. The molecule has 21 heteroatoms. The number of non-ortho nitro benzene ring substituents is 3. The molecular formula is C49H46N6O14S. The van der Waals surface area contributed by atoms with Gasteiger partial charge in [0.15, 0.2) is 0 Å². The zero-order valence-electron chi connectivity index (χ0n) is 37.7. The average Bonchev–Trinajstić information content (AvgIpc) is 3.86. The minimum Gasteiger partial charge on any atom is -0.456 e. The third-order valence-corrected chi connectivity index (χ3v) is 14.2. The Labute approximate surface area is 403 Å². The van der Waals surface area contributed by atoms with Gasteiger partial charge in [0.05, 0.1) is 32.8 Å². The quantitative estimate of drug-likeness (QED) is 0.0295. The second kappa shape index (κ2) is 20.8. The maximum atomic E-state index is 14.1. The number of likely N-dealkylation sites (tertiary alicyclic amines) is 1. The van der Waals surface area contributed by atoms with Crippen molar-refractivity contribution < 1.29 is 53.3 Å². The number of hydrogen-bond donors (Lipinski definition) is 2. The molecule has 2 N–H and O–H groups in total. The Kier molecular flexibility index (Phi) is 14.4. The van der Waals surface area contributed by atoms with Gasteiger partial charge in [-0.2, -0.15) is 0 Å². The number of esters is 1. The number of fused-ring (bicyclic) bond motifs is 2. The van der Waals surface area contributed by atoms with E-state index in [1.54, 1.807) is 4.90 Å². The number of β-lactam (4-membered cyclic amide) rings is 1. The van der Waals surface area contributed by atoms with Crippen molar-refractivity contribution in [1.82, 2.24) is 15.1 Å². The smallest absolute Gasteiger partial charge is 0.410 e. The molecule has 0 radical (unpaired) electrons. The zero-order chi connectivity index (χ0) is 49.8. The number of alkyl carbamates (subject to hydrolysis) is 1. The molecule has 6 atom stereocenters. The highest BCUT2D eigenvalue weighted by Crippen LogP contribution is 2.53. The van der Waals surface area contributed by atoms with Crippen LogP contribution < -0.4 is 5.32 Å². The predicted molar refractivity (Wildman–Crippen MR) is 252 cm³/mol. The van der Waals surface area contributed by atoms with E-state index in [0.717, 1.165) is 21.9 Å². The van der Waals surface area contributed by atoms with Crippen molar-refractivity contribution in [2.24, 2.45) is 11.8 Å². The standard InChI is InChI=1S/C49H46N6O14S/c1-28-43-42(29(2)56)46(57)52(43)44(47(58)67-25-30-7-15-35(16-8-30)53(61)62)45(28)70-39-22-38(51(24-39)49(60)69-27-32-11-19-37(20-12-32)55(65)66)21-33-13-14-34(41-6-4-3-5-40(33)41)23-50-48(59)68-26-31-9-17-36(18-10-31)54(63)64/h3-20,28-29,38-39,42-43,56H,21-27H2,1-2H3,(H,50,59)/t28-,29-,38-,39+,42-,43-/m1/s1. The van der Waals surface area contributed by atoms with Gasteiger partial charge in [-0.25, -0.2) is 14.4 Å². The van der Waals surface area contributed by atoms with Crippen LogP contribution in [0.15, 0.2) is 120 Å². The monoisotopic (exact) mass is 974 g/mol. The minimum atomic E-state index is -0.991. The molecular weight excluding hydrogens is 929 g/mol. The number of nitrogens with one attached hydrogen (secondary N) is 1. The molecule has 0 saturated carbocycles. The number of aliphatic hydroxyl groups is 1. The summed E-state index contributed by atoms with van der Waals surface area (Å²) in [5.74, 6) is -2.35. The summed E-state index contributed by atoms with van der Waals surface area (Å²) >= 11 is 1.36. The number of nitro benzene ring substituents is 3. The highest BCUT2D eigenvalue weighted by molar-refractivity contribution is 8.03. The molecule has 0 spiro atoms. The van der Waals surface area contributed by atoms with E-state index in [4.69, 9.17) is 14.2 Å². The summed E-state index contributed by atoms with van der Waals surface area (Å²) in [6.45, 7) is 3.22. The number of amides is 3. The van der Waals surface area contributed by atoms with Crippen molar-refractivity contribution in [3.63, 3.8) is 0 Å². The van der Waals surface area contributed by atoms with E-state index >= 15 is 0 Å². The van der Waals surface area contributed by atoms with E-state index in [9.17, 15) is 54.6 Å². The summed E-state index contributed by atoms with van der Waals surface area (Å²) in [6.07, 6.45) is -1.52. The van der Waals surface area contributed by atoms with Crippen LogP contribution in [0.5, 0.6) is 0 Å². The average molecular weight is 975 g/mol. The maximum Gasteiger partial charge on any atom is 0.410 e. The van der Waals surface area contributed by atoms with Crippen molar-refractivity contribution in [2.75, 3.05) is 6.54 Å². The Bertz CT molecular complexity index is 2900. The molecule has 0 aliphatic carbocycles. The van der Waals surface area contributed by atoms with Crippen molar-refractivity contribution in [2.45, 2.75) is 76.5 Å². The molecule has 70 heavy (non-hydrogen) atoms. The van der Waals surface area contributed by atoms with Gasteiger partial charge in [0.2, 0.25) is 5.91 Å². The molecule has 0 bridgehead atoms. The molecule has 3 amide bonds. The van der Waals surface area contributed by atoms with Gasteiger partial charge in [-0.05, 0) is 94.8 Å². The second-order valence-corrected chi connectivity index (χ2v) is 18.6. The van der Waals surface area contributed by atoms with Crippen LogP contribution in [-0.2, 0) is 56.6 Å². The molecule has 3 aliphatic rings. The van der Waals surface area contributed by atoms with Crippen LogP contribution in [0, 0.1) is 42.2 Å². The van der Waals surface area contributed by atoms with Crippen molar-refractivity contribution >= 4 is 63.7 Å². The Hall–Kier alpha value is -7.91. The predicted octanol–water partition coefficient (Wildman–Crippen LogP) is 7.86. The van der Waals surface area contributed by atoms with Crippen LogP contribution in [0.2, 0.25) is 0 Å². The number of hydrogen-bond acceptors (Lipinski definition) is 15. The van der Waals surface area contributed by atoms with E-state index in [1.807, 2.05) is 43.3 Å². The van der Waals surface area contributed by atoms with E-state index in [-0.39, 0.29) is 60.9 Å². The number of thioether (sulfide) groups is 1. The van der Waals surface area contributed by atoms with Gasteiger partial charge in [0.25, 0.3) is 17.1 Å². The summed E-state index contributed by atoms with van der Waals surface area (Å²) in [7, 11) is 0. The number of ether oxygens (including phenoxy) is 3. The lowest BCUT2D eigenvalue weighted by molar-refractivity contribution is -0.385. The summed E-state index contributed by atoms with van der Waals surface area (Å²) in [5, 5.41) is 48.2. The molecule has 5 aromatic carbocycles. The minimum absolute atomic E-state index is 0.0486. The van der Waals surface area contributed by atoms with Gasteiger partial charge >= 0.3 is 18.2 Å². The lowest BCUT2D eigenvalue weighted by Gasteiger charge is -2.46. The fraction of sp³-hybridized carbons (Fsp3) is 0.306. The molecule has 0 unspecified atom stereocenters. The molecule has 5 aromatic rings. The normalized spacial score (nSPS) is 19.8. The first-order chi connectivity index (χ1) is 33.6. The van der Waals surface area contributed by atoms with Crippen LogP contribution in [0.25, 0.3) is 10.8 Å². The lowest BCUT2D eigenvalue weighted by Crippen LogP contribution is -2.63. The molecule has 0 aromatic heterocycles. The van der Waals surface area contributed by atoms with Gasteiger partial charge in [-0.15, -0.1) is 11.8 Å². The van der Waals surface area contributed by atoms with Crippen LogP contribution in [0.1, 0.15) is 48.1 Å². The first-order valence-electron chi connectivity index (χ1n) is 22.2. The van der Waals surface area contributed by atoms with E-state index in [2.05, 4.69) is 5.32 Å². The molecule has 20 nitrogen and oxygen atoms in total. The largest absolute Gasteiger partial charge is 0.456 e. The number of nitro groups is 3. The maximum absolute atomic E-state index is 14.1. The van der Waals surface area contributed by atoms with E-state index in [1.165, 1.54) is 96.4 Å². The summed E-state index contributed by atoms with van der Waals surface area (Å²) < 4.78 is 16.9. The number of aliphatic hydroxyl groups excluding tert-OH is 1. The highest BCUT2D eigenvalue weighted by atomic mass is 32.2. The number of carbonyl (C=O) groups excluding carboxylic acids is 4. The number of carbonyl (C=O) groups is 4. The van der Waals surface area contributed by atoms with Crippen molar-refractivity contribution in [1.29, 1.82) is 0 Å². The molecule has 8 rings (SSSR count). The number of nitrogens with zero attached hydrogens (tertiary/aromatic N) is 5. The third-order valence-electron chi connectivity index (χ3n) is 12.7. The van der Waals surface area contributed by atoms with Crippen molar-refractivity contribution in [3.8, 4) is 0 Å². The Morgan fingerprint density at radius 1 is 0.743 bits per heavy atom. The van der Waals surface area contributed by atoms with Gasteiger partial charge < -0.3 is 34.4 Å². The van der Waals surface area contributed by atoms with Crippen LogP contribution in [0.3, 0.4) is 0 Å². The topological polar surface area (TPSA) is 264 Å². The van der Waals surface area contributed by atoms with E-state index in [0.29, 0.717) is 34.4 Å². The van der Waals surface area contributed by atoms with Gasteiger partial charge in [-0.1, -0.05) is 43.3 Å². The first-order valence-corrected chi connectivity index (χ1v) is 23.1. The Morgan fingerprint density at radius 3 is 1.77 bits per heavy atom. The van der Waals surface area contributed by atoms with Gasteiger partial charge in [0, 0.05) is 71.6 Å². The van der Waals surface area contributed by atoms with Crippen LogP contribution >= 0.6 is 11.8 Å². The zero-order valence-corrected chi connectivity index (χ0v) is 38.5. The second-order valence-electron chi connectivity index (χ2n) is 17.2. The number of benzene rings is 5. The molecule has 3 heterocycles.